The number of aliphatic hydroxyl groups excluding tert-OH is 1. The van der Waals surface area contributed by atoms with Gasteiger partial charge in [0.25, 0.3) is 5.01 Å². The Labute approximate surface area is 310 Å². The molecule has 4 nitrogen and oxygen atoms in total. The van der Waals surface area contributed by atoms with Gasteiger partial charge in [-0.2, -0.15) is 4.57 Å². The molecule has 0 amide bonds. The number of benzene rings is 2. The Morgan fingerprint density at radius 2 is 1.24 bits per heavy atom. The number of hydrogen-bond donors (Lipinski definition) is 1. The van der Waals surface area contributed by atoms with Crippen LogP contribution in [0.1, 0.15) is 147 Å². The topological polar surface area (TPSA) is 44.4 Å². The van der Waals surface area contributed by atoms with E-state index in [9.17, 15) is 9.90 Å². The maximum atomic E-state index is 13.6. The number of thioether (sulfide) groups is 1. The van der Waals surface area contributed by atoms with E-state index in [1.807, 2.05) is 12.2 Å². The molecule has 0 radical (unpaired) electrons. The van der Waals surface area contributed by atoms with Crippen molar-refractivity contribution in [3.63, 3.8) is 0 Å². The molecule has 0 spiro atoms. The molecule has 50 heavy (non-hydrogen) atoms. The molecule has 0 unspecified atom stereocenters. The molecule has 6 heteroatoms. The van der Waals surface area contributed by atoms with Crippen LogP contribution < -0.4 is 9.47 Å². The van der Waals surface area contributed by atoms with E-state index in [1.54, 1.807) is 23.1 Å². The number of ketones is 1. The second-order valence-corrected chi connectivity index (χ2v) is 16.4. The van der Waals surface area contributed by atoms with E-state index in [0.29, 0.717) is 11.1 Å². The van der Waals surface area contributed by atoms with E-state index in [2.05, 4.69) is 71.8 Å². The highest BCUT2D eigenvalue weighted by molar-refractivity contribution is 8.03. The number of unbranched alkanes of at least 4 members (excludes halogenated alkanes) is 18. The SMILES string of the molecule is CCCCCCCCCCCCN1C(=CC2=C(O)C(=Cc3sc4ccccc4[n+]3CCCCCCCCCCCC)C2=O)Sc2ccccc21. The summed E-state index contributed by atoms with van der Waals surface area (Å²) in [5.41, 5.74) is 3.28. The van der Waals surface area contributed by atoms with Gasteiger partial charge in [-0.3, -0.25) is 4.79 Å². The van der Waals surface area contributed by atoms with E-state index in [-0.39, 0.29) is 11.5 Å². The Morgan fingerprint density at radius 1 is 0.680 bits per heavy atom. The number of fused-ring (bicyclic) bond motifs is 2. The molecule has 1 aliphatic heterocycles. The van der Waals surface area contributed by atoms with Crippen LogP contribution in [0.4, 0.5) is 5.69 Å². The normalized spacial score (nSPS) is 16.0. The van der Waals surface area contributed by atoms with Crippen LogP contribution in [0.5, 0.6) is 0 Å². The van der Waals surface area contributed by atoms with Crippen molar-refractivity contribution in [3.8, 4) is 0 Å². The summed E-state index contributed by atoms with van der Waals surface area (Å²) in [6.45, 7) is 6.41. The van der Waals surface area contributed by atoms with Gasteiger partial charge in [-0.25, -0.2) is 0 Å². The molecule has 0 bridgehead atoms. The fourth-order valence-electron chi connectivity index (χ4n) is 7.25. The highest BCUT2D eigenvalue weighted by atomic mass is 32.2. The fraction of sp³-hybridized carbons (Fsp3) is 0.545. The number of aryl methyl sites for hydroxylation is 1. The molecule has 2 aromatic carbocycles. The molecule has 0 saturated heterocycles. The van der Waals surface area contributed by atoms with E-state index in [1.165, 1.54) is 136 Å². The lowest BCUT2D eigenvalue weighted by Crippen LogP contribution is -2.35. The minimum atomic E-state index is -0.0617. The molecule has 270 valence electrons. The van der Waals surface area contributed by atoms with Gasteiger partial charge in [0.05, 0.1) is 21.9 Å². The quantitative estimate of drug-likeness (QED) is 0.0570. The third-order valence-electron chi connectivity index (χ3n) is 10.3. The third kappa shape index (κ3) is 10.6. The van der Waals surface area contributed by atoms with Crippen LogP contribution in [-0.4, -0.2) is 17.4 Å². The molecular formula is C44H61N2O2S2+. The molecular weight excluding hydrogens is 653 g/mol. The third-order valence-corrected chi connectivity index (χ3v) is 12.5. The molecule has 1 N–H and O–H groups in total. The van der Waals surface area contributed by atoms with E-state index >= 15 is 0 Å². The summed E-state index contributed by atoms with van der Waals surface area (Å²) in [5, 5.41) is 13.3. The van der Waals surface area contributed by atoms with Crippen LogP contribution in [-0.2, 0) is 11.3 Å². The van der Waals surface area contributed by atoms with Gasteiger partial charge in [-0.05, 0) is 37.1 Å². The summed E-state index contributed by atoms with van der Waals surface area (Å²) in [6, 6.07) is 17.0. The number of carbonyl (C=O) groups excluding carboxylic acids is 1. The number of anilines is 1. The van der Waals surface area contributed by atoms with Crippen molar-refractivity contribution in [2.24, 2.45) is 0 Å². The van der Waals surface area contributed by atoms with Crippen molar-refractivity contribution in [1.82, 2.24) is 0 Å². The second kappa shape index (κ2) is 20.9. The number of hydrogen-bond acceptors (Lipinski definition) is 5. The van der Waals surface area contributed by atoms with Gasteiger partial charge in [0.2, 0.25) is 11.3 Å². The minimum Gasteiger partial charge on any atom is -0.506 e. The van der Waals surface area contributed by atoms with Crippen molar-refractivity contribution in [1.29, 1.82) is 0 Å². The van der Waals surface area contributed by atoms with Gasteiger partial charge in [-0.15, -0.1) is 0 Å². The van der Waals surface area contributed by atoms with Gasteiger partial charge in [0, 0.05) is 30.0 Å². The van der Waals surface area contributed by atoms with Crippen molar-refractivity contribution in [2.75, 3.05) is 11.4 Å². The minimum absolute atomic E-state index is 0.0617. The summed E-state index contributed by atoms with van der Waals surface area (Å²) < 4.78 is 3.57. The van der Waals surface area contributed by atoms with Gasteiger partial charge < -0.3 is 10.0 Å². The number of aromatic nitrogens is 1. The van der Waals surface area contributed by atoms with Crippen LogP contribution in [0, 0.1) is 0 Å². The van der Waals surface area contributed by atoms with Crippen molar-refractivity contribution in [3.05, 3.63) is 81.5 Å². The molecule has 0 saturated carbocycles. The Hall–Kier alpha value is -2.83. The number of carbonyl (C=O) groups is 1. The zero-order chi connectivity index (χ0) is 35.0. The Bertz CT molecular complexity index is 1620. The lowest BCUT2D eigenvalue weighted by atomic mass is 9.88. The average molecular weight is 714 g/mol. The first-order valence-electron chi connectivity index (χ1n) is 20.0. The molecule has 2 aliphatic rings. The smallest absolute Gasteiger partial charge is 0.263 e. The standard InChI is InChI=1S/C44H60N2O2S2/c1-3-5-7-9-11-13-15-17-19-25-31-45-37-27-21-23-29-39(37)49-41(45)33-35-43(47)36(44(35)48)34-42-46(38-28-22-24-30-40(38)50-42)32-26-20-18-16-14-12-10-8-6-4-2/h21-24,27-30,33-34H,3-20,25-26,31-32H2,1-2H3/p+1. The predicted octanol–water partition coefficient (Wildman–Crippen LogP) is 13.3. The summed E-state index contributed by atoms with van der Waals surface area (Å²) in [7, 11) is 0. The Balaban J connectivity index is 1.20. The van der Waals surface area contributed by atoms with E-state index in [4.69, 9.17) is 0 Å². The van der Waals surface area contributed by atoms with Gasteiger partial charge in [-0.1, -0.05) is 170 Å². The van der Waals surface area contributed by atoms with E-state index in [0.717, 1.165) is 36.0 Å². The van der Waals surface area contributed by atoms with Gasteiger partial charge in [0.1, 0.15) is 10.5 Å². The highest BCUT2D eigenvalue weighted by Gasteiger charge is 2.36. The Morgan fingerprint density at radius 3 is 1.88 bits per heavy atom. The van der Waals surface area contributed by atoms with E-state index < -0.39 is 0 Å². The molecule has 3 aromatic rings. The second-order valence-electron chi connectivity index (χ2n) is 14.3. The number of allylic oxidation sites excluding steroid dienone is 3. The maximum Gasteiger partial charge on any atom is 0.263 e. The predicted molar refractivity (Wildman–Crippen MR) is 216 cm³/mol. The number of rotatable bonds is 24. The first-order chi connectivity index (χ1) is 24.6. The monoisotopic (exact) mass is 713 g/mol. The molecule has 1 aromatic heterocycles. The number of aliphatic hydroxyl groups is 1. The highest BCUT2D eigenvalue weighted by Crippen LogP contribution is 2.47. The molecule has 0 atom stereocenters. The summed E-state index contributed by atoms with van der Waals surface area (Å²) in [6.07, 6.45) is 30.1. The van der Waals surface area contributed by atoms with Crippen LogP contribution in [0.2, 0.25) is 0 Å². The summed E-state index contributed by atoms with van der Waals surface area (Å²) in [4.78, 5) is 17.2. The van der Waals surface area contributed by atoms with Crippen LogP contribution in [0.25, 0.3) is 16.3 Å². The van der Waals surface area contributed by atoms with Crippen molar-refractivity contribution in [2.45, 2.75) is 154 Å². The largest absolute Gasteiger partial charge is 0.506 e. The van der Waals surface area contributed by atoms with Crippen molar-refractivity contribution < 1.29 is 14.5 Å². The van der Waals surface area contributed by atoms with Crippen molar-refractivity contribution >= 4 is 50.9 Å². The lowest BCUT2D eigenvalue weighted by Gasteiger charge is -2.23. The molecule has 2 heterocycles. The number of thiazole rings is 1. The summed E-state index contributed by atoms with van der Waals surface area (Å²) in [5.74, 6) is 0.0641. The van der Waals surface area contributed by atoms with Crippen LogP contribution in [0.3, 0.4) is 0 Å². The fourth-order valence-corrected chi connectivity index (χ4v) is 9.52. The first kappa shape index (κ1) is 38.4. The zero-order valence-corrected chi connectivity index (χ0v) is 32.5. The Kier molecular flexibility index (Phi) is 16.0. The number of nitrogens with zero attached hydrogens (tertiary/aromatic N) is 2. The first-order valence-corrected chi connectivity index (χ1v) is 21.6. The van der Waals surface area contributed by atoms with Crippen LogP contribution >= 0.6 is 23.1 Å². The molecule has 5 rings (SSSR count). The summed E-state index contributed by atoms with van der Waals surface area (Å²) >= 11 is 3.41. The maximum absolute atomic E-state index is 13.6. The van der Waals surface area contributed by atoms with Gasteiger partial charge in [0.15, 0.2) is 6.54 Å². The number of Topliss-reactive ketones (excluding diaryl/α,β-unsaturated/α-hetero) is 1. The lowest BCUT2D eigenvalue weighted by molar-refractivity contribution is -0.669. The van der Waals surface area contributed by atoms with Crippen LogP contribution in [0.15, 0.2) is 81.4 Å². The van der Waals surface area contributed by atoms with Gasteiger partial charge >= 0.3 is 0 Å². The average Bonchev–Trinajstić information content (AvgIpc) is 3.68. The zero-order valence-electron chi connectivity index (χ0n) is 30.9. The number of para-hydroxylation sites is 2. The molecule has 0 fully saturated rings. The molecule has 1 aliphatic carbocycles.